The van der Waals surface area contributed by atoms with Gasteiger partial charge in [0.25, 0.3) is 0 Å². The summed E-state index contributed by atoms with van der Waals surface area (Å²) in [5.41, 5.74) is 1.59. The van der Waals surface area contributed by atoms with Gasteiger partial charge in [0.2, 0.25) is 11.8 Å². The minimum atomic E-state index is -0.795. The number of rotatable bonds is 4. The van der Waals surface area contributed by atoms with E-state index in [9.17, 15) is 14.4 Å². The fourth-order valence-corrected chi connectivity index (χ4v) is 5.51. The van der Waals surface area contributed by atoms with Crippen LogP contribution in [0.1, 0.15) is 37.9 Å². The molecule has 0 bridgehead atoms. The fourth-order valence-electron chi connectivity index (χ4n) is 5.51. The lowest BCUT2D eigenvalue weighted by Gasteiger charge is -2.37. The third-order valence-electron chi connectivity index (χ3n) is 7.10. The Bertz CT molecular complexity index is 1230. The quantitative estimate of drug-likeness (QED) is 0.646. The van der Waals surface area contributed by atoms with Gasteiger partial charge in [0, 0.05) is 17.7 Å². The Balaban J connectivity index is 1.68. The first-order valence-corrected chi connectivity index (χ1v) is 11.4. The lowest BCUT2D eigenvalue weighted by molar-refractivity contribution is -0.135. The van der Waals surface area contributed by atoms with E-state index in [1.807, 2.05) is 62.2 Å². The van der Waals surface area contributed by atoms with Crippen LogP contribution in [-0.2, 0) is 14.4 Å². The molecular formula is C27H28N2O5. The first kappa shape index (κ1) is 22.2. The van der Waals surface area contributed by atoms with E-state index in [1.165, 1.54) is 19.1 Å². The predicted molar refractivity (Wildman–Crippen MR) is 127 cm³/mol. The van der Waals surface area contributed by atoms with Crippen LogP contribution in [0.2, 0.25) is 0 Å². The highest BCUT2D eigenvalue weighted by Gasteiger charge is 2.65. The molecule has 0 saturated carbocycles. The second-order valence-corrected chi connectivity index (χ2v) is 10.00. The maximum Gasteiger partial charge on any atom is 0.240 e. The van der Waals surface area contributed by atoms with Crippen LogP contribution in [0.5, 0.6) is 11.5 Å². The fraction of sp³-hybridized carbons (Fsp3) is 0.370. The van der Waals surface area contributed by atoms with E-state index in [-0.39, 0.29) is 17.6 Å². The van der Waals surface area contributed by atoms with Gasteiger partial charge in [-0.1, -0.05) is 45.0 Å². The van der Waals surface area contributed by atoms with Gasteiger partial charge in [-0.05, 0) is 29.3 Å². The third-order valence-corrected chi connectivity index (χ3v) is 7.10. The molecule has 2 saturated heterocycles. The standard InChI is InChI=1S/C27H28N2O5/c1-27(2,3)24(30)23-21-20(22-17-9-7-6-8-15(17)12-13-28(22)23)25(31)29(26(21)32)18-14-16(33-4)10-11-19(18)34-5/h6-14,20-23H,1-5H3. The summed E-state index contributed by atoms with van der Waals surface area (Å²) in [6.45, 7) is 5.55. The molecule has 3 heterocycles. The molecule has 2 aromatic rings. The summed E-state index contributed by atoms with van der Waals surface area (Å²) in [4.78, 5) is 44.8. The second-order valence-electron chi connectivity index (χ2n) is 10.00. The van der Waals surface area contributed by atoms with Gasteiger partial charge >= 0.3 is 0 Å². The van der Waals surface area contributed by atoms with Crippen molar-refractivity contribution in [2.24, 2.45) is 17.3 Å². The Morgan fingerprint density at radius 2 is 1.65 bits per heavy atom. The number of ether oxygens (including phenoxy) is 2. The number of fused-ring (bicyclic) bond motifs is 5. The summed E-state index contributed by atoms with van der Waals surface area (Å²) in [5.74, 6) is -1.36. The molecule has 3 aliphatic rings. The smallest absolute Gasteiger partial charge is 0.240 e. The number of imide groups is 1. The number of hydrogen-bond donors (Lipinski definition) is 0. The lowest BCUT2D eigenvalue weighted by Crippen LogP contribution is -2.47. The Kier molecular flexibility index (Phi) is 5.04. The Hall–Kier alpha value is -3.61. The van der Waals surface area contributed by atoms with Gasteiger partial charge in [-0.25, -0.2) is 4.90 Å². The van der Waals surface area contributed by atoms with E-state index in [2.05, 4.69) is 0 Å². The van der Waals surface area contributed by atoms with E-state index >= 15 is 0 Å². The van der Waals surface area contributed by atoms with Crippen molar-refractivity contribution in [1.82, 2.24) is 4.90 Å². The van der Waals surface area contributed by atoms with Gasteiger partial charge in [-0.2, -0.15) is 0 Å². The van der Waals surface area contributed by atoms with E-state index in [1.54, 1.807) is 18.2 Å². The summed E-state index contributed by atoms with van der Waals surface area (Å²) >= 11 is 0. The maximum atomic E-state index is 14.0. The number of hydrogen-bond acceptors (Lipinski definition) is 6. The Labute approximate surface area is 198 Å². The van der Waals surface area contributed by atoms with Crippen molar-refractivity contribution in [2.75, 3.05) is 19.1 Å². The van der Waals surface area contributed by atoms with E-state index in [0.717, 1.165) is 11.1 Å². The van der Waals surface area contributed by atoms with E-state index in [4.69, 9.17) is 9.47 Å². The summed E-state index contributed by atoms with van der Waals surface area (Å²) in [6, 6.07) is 11.7. The van der Waals surface area contributed by atoms with E-state index < -0.39 is 29.3 Å². The SMILES string of the molecule is COc1ccc(OC)c(N2C(=O)C3C(C2=O)C2c4ccccc4C=CN2C3C(=O)C(C)(C)C)c1. The number of amides is 2. The van der Waals surface area contributed by atoms with Crippen LogP contribution in [0.15, 0.2) is 48.7 Å². The number of methoxy groups -OCH3 is 2. The van der Waals surface area contributed by atoms with Crippen molar-refractivity contribution >= 4 is 29.4 Å². The molecule has 0 aliphatic carbocycles. The molecule has 0 N–H and O–H groups in total. The number of benzene rings is 2. The molecule has 7 nitrogen and oxygen atoms in total. The normalized spacial score (nSPS) is 25.2. The second kappa shape index (κ2) is 7.72. The van der Waals surface area contributed by atoms with Crippen LogP contribution in [0, 0.1) is 17.3 Å². The molecule has 4 atom stereocenters. The van der Waals surface area contributed by atoms with Crippen molar-refractivity contribution in [3.8, 4) is 11.5 Å². The highest BCUT2D eigenvalue weighted by molar-refractivity contribution is 6.24. The Morgan fingerprint density at radius 3 is 2.32 bits per heavy atom. The third kappa shape index (κ3) is 3.06. The van der Waals surface area contributed by atoms with Crippen LogP contribution in [0.25, 0.3) is 6.08 Å². The zero-order chi connectivity index (χ0) is 24.4. The monoisotopic (exact) mass is 460 g/mol. The molecular weight excluding hydrogens is 432 g/mol. The number of carbonyl (C=O) groups is 3. The average molecular weight is 461 g/mol. The molecule has 7 heteroatoms. The molecule has 0 spiro atoms. The van der Waals surface area contributed by atoms with Crippen LogP contribution < -0.4 is 14.4 Å². The first-order valence-electron chi connectivity index (χ1n) is 11.4. The van der Waals surface area contributed by atoms with Crippen molar-refractivity contribution in [3.05, 3.63) is 59.8 Å². The van der Waals surface area contributed by atoms with Crippen molar-refractivity contribution in [1.29, 1.82) is 0 Å². The number of Topliss-reactive ketones (excluding diaryl/α,β-unsaturated/α-hetero) is 1. The maximum absolute atomic E-state index is 14.0. The minimum Gasteiger partial charge on any atom is -0.497 e. The molecule has 0 radical (unpaired) electrons. The van der Waals surface area contributed by atoms with Crippen LogP contribution in [0.4, 0.5) is 5.69 Å². The molecule has 2 amide bonds. The molecule has 0 aromatic heterocycles. The molecule has 2 aromatic carbocycles. The molecule has 4 unspecified atom stereocenters. The largest absolute Gasteiger partial charge is 0.497 e. The number of anilines is 1. The topological polar surface area (TPSA) is 76.2 Å². The predicted octanol–water partition coefficient (Wildman–Crippen LogP) is 3.83. The highest BCUT2D eigenvalue weighted by atomic mass is 16.5. The van der Waals surface area contributed by atoms with Crippen molar-refractivity contribution in [3.63, 3.8) is 0 Å². The number of carbonyl (C=O) groups excluding carboxylic acids is 3. The first-order chi connectivity index (χ1) is 16.2. The van der Waals surface area contributed by atoms with Crippen LogP contribution in [0.3, 0.4) is 0 Å². The van der Waals surface area contributed by atoms with Gasteiger partial charge in [-0.15, -0.1) is 0 Å². The van der Waals surface area contributed by atoms with Crippen LogP contribution >= 0.6 is 0 Å². The Morgan fingerprint density at radius 1 is 0.941 bits per heavy atom. The minimum absolute atomic E-state index is 0.0605. The lowest BCUT2D eigenvalue weighted by atomic mass is 9.79. The summed E-state index contributed by atoms with van der Waals surface area (Å²) in [7, 11) is 3.02. The number of nitrogens with zero attached hydrogens (tertiary/aromatic N) is 2. The summed E-state index contributed by atoms with van der Waals surface area (Å²) < 4.78 is 10.8. The molecule has 2 fully saturated rings. The zero-order valence-electron chi connectivity index (χ0n) is 19.9. The van der Waals surface area contributed by atoms with Gasteiger partial charge in [0.1, 0.15) is 17.5 Å². The van der Waals surface area contributed by atoms with Crippen molar-refractivity contribution in [2.45, 2.75) is 32.9 Å². The van der Waals surface area contributed by atoms with E-state index in [0.29, 0.717) is 17.2 Å². The highest BCUT2D eigenvalue weighted by Crippen LogP contribution is 2.55. The average Bonchev–Trinajstić information content (AvgIpc) is 3.30. The van der Waals surface area contributed by atoms with Gasteiger partial charge in [-0.3, -0.25) is 14.4 Å². The molecule has 5 rings (SSSR count). The van der Waals surface area contributed by atoms with Gasteiger partial charge in [0.15, 0.2) is 5.78 Å². The summed E-state index contributed by atoms with van der Waals surface area (Å²) in [6.07, 6.45) is 3.82. The zero-order valence-corrected chi connectivity index (χ0v) is 19.9. The van der Waals surface area contributed by atoms with Crippen molar-refractivity contribution < 1.29 is 23.9 Å². The van der Waals surface area contributed by atoms with Crippen LogP contribution in [-0.4, -0.2) is 42.8 Å². The number of ketones is 1. The molecule has 34 heavy (non-hydrogen) atoms. The van der Waals surface area contributed by atoms with Gasteiger partial charge in [0.05, 0.1) is 37.8 Å². The molecule has 176 valence electrons. The molecule has 3 aliphatic heterocycles. The van der Waals surface area contributed by atoms with Gasteiger partial charge < -0.3 is 14.4 Å². The summed E-state index contributed by atoms with van der Waals surface area (Å²) in [5, 5.41) is 0.